The van der Waals surface area contributed by atoms with E-state index in [1.54, 1.807) is 12.1 Å². The van der Waals surface area contributed by atoms with Gasteiger partial charge >= 0.3 is 0 Å². The maximum atomic E-state index is 13.2. The second kappa shape index (κ2) is 5.26. The zero-order valence-corrected chi connectivity index (χ0v) is 9.98. The van der Waals surface area contributed by atoms with Crippen molar-refractivity contribution in [1.29, 1.82) is 0 Å². The quantitative estimate of drug-likeness (QED) is 0.694. The van der Waals surface area contributed by atoms with E-state index in [0.29, 0.717) is 5.92 Å². The van der Waals surface area contributed by atoms with Crippen LogP contribution in [0.2, 0.25) is 5.02 Å². The van der Waals surface area contributed by atoms with E-state index in [1.807, 2.05) is 6.92 Å². The first-order chi connectivity index (χ1) is 7.00. The lowest BCUT2D eigenvalue weighted by molar-refractivity contribution is 0.628. The first kappa shape index (κ1) is 12.2. The fraction of sp³-hybridized carbons (Fsp3) is 0.417. The van der Waals surface area contributed by atoms with Gasteiger partial charge in [0.15, 0.2) is 0 Å². The van der Waals surface area contributed by atoms with Gasteiger partial charge in [-0.2, -0.15) is 0 Å². The topological polar surface area (TPSA) is 12.4 Å². The molecule has 82 valence electrons. The molecule has 0 saturated carbocycles. The Morgan fingerprint density at radius 1 is 1.47 bits per heavy atom. The molecular formula is C12H15ClFN. The molecule has 0 fully saturated rings. The van der Waals surface area contributed by atoms with Crippen LogP contribution in [-0.2, 0) is 0 Å². The summed E-state index contributed by atoms with van der Waals surface area (Å²) in [6, 6.07) is 4.76. The lowest BCUT2D eigenvalue weighted by Crippen LogP contribution is -2.00. The van der Waals surface area contributed by atoms with Crippen molar-refractivity contribution in [3.05, 3.63) is 34.6 Å². The highest BCUT2D eigenvalue weighted by Gasteiger charge is 2.03. The minimum absolute atomic E-state index is 0.149. The van der Waals surface area contributed by atoms with Crippen LogP contribution >= 0.6 is 11.6 Å². The van der Waals surface area contributed by atoms with E-state index in [9.17, 15) is 4.39 Å². The van der Waals surface area contributed by atoms with Crippen LogP contribution in [0, 0.1) is 11.7 Å². The fourth-order valence-electron chi connectivity index (χ4n) is 1.13. The van der Waals surface area contributed by atoms with Gasteiger partial charge in [-0.3, -0.25) is 4.99 Å². The molecule has 1 aromatic rings. The SMILES string of the molecule is CC(=NCC(C)C)c1ccc(Cl)c(F)c1. The Labute approximate surface area is 95.0 Å². The van der Waals surface area contributed by atoms with E-state index in [2.05, 4.69) is 18.8 Å². The minimum Gasteiger partial charge on any atom is -0.289 e. The summed E-state index contributed by atoms with van der Waals surface area (Å²) in [5.41, 5.74) is 1.64. The molecule has 1 rings (SSSR count). The molecular weight excluding hydrogens is 213 g/mol. The van der Waals surface area contributed by atoms with Crippen LogP contribution in [0.1, 0.15) is 26.3 Å². The van der Waals surface area contributed by atoms with Crippen molar-refractivity contribution in [3.8, 4) is 0 Å². The van der Waals surface area contributed by atoms with Crippen molar-refractivity contribution in [2.24, 2.45) is 10.9 Å². The minimum atomic E-state index is -0.395. The van der Waals surface area contributed by atoms with Crippen LogP contribution in [0.15, 0.2) is 23.2 Å². The van der Waals surface area contributed by atoms with Crippen LogP contribution in [0.3, 0.4) is 0 Å². The van der Waals surface area contributed by atoms with Gasteiger partial charge in [-0.1, -0.05) is 31.5 Å². The molecule has 0 bridgehead atoms. The standard InChI is InChI=1S/C12H15ClFN/c1-8(2)7-15-9(3)10-4-5-11(13)12(14)6-10/h4-6,8H,7H2,1-3H3. The first-order valence-electron chi connectivity index (χ1n) is 4.97. The van der Waals surface area contributed by atoms with Gasteiger partial charge in [0.1, 0.15) is 5.82 Å². The molecule has 1 nitrogen and oxygen atoms in total. The molecule has 0 aliphatic rings. The molecule has 0 aromatic heterocycles. The van der Waals surface area contributed by atoms with E-state index < -0.39 is 5.82 Å². The molecule has 0 unspecified atom stereocenters. The summed E-state index contributed by atoms with van der Waals surface area (Å²) in [6.07, 6.45) is 0. The van der Waals surface area contributed by atoms with Gasteiger partial charge in [0.2, 0.25) is 0 Å². The van der Waals surface area contributed by atoms with Crippen LogP contribution in [-0.4, -0.2) is 12.3 Å². The number of hydrogen-bond acceptors (Lipinski definition) is 1. The van der Waals surface area contributed by atoms with E-state index in [-0.39, 0.29) is 5.02 Å². The van der Waals surface area contributed by atoms with Gasteiger partial charge in [-0.05, 0) is 30.5 Å². The third kappa shape index (κ3) is 3.63. The van der Waals surface area contributed by atoms with Crippen molar-refractivity contribution >= 4 is 17.3 Å². The molecule has 1 aromatic carbocycles. The Bertz CT molecular complexity index is 372. The number of aliphatic imine (C=N–C) groups is 1. The van der Waals surface area contributed by atoms with Crippen LogP contribution in [0.4, 0.5) is 4.39 Å². The molecule has 0 N–H and O–H groups in total. The largest absolute Gasteiger partial charge is 0.289 e. The van der Waals surface area contributed by atoms with Gasteiger partial charge in [0.25, 0.3) is 0 Å². The summed E-state index contributed by atoms with van der Waals surface area (Å²) in [4.78, 5) is 4.37. The van der Waals surface area contributed by atoms with Crippen molar-refractivity contribution in [2.45, 2.75) is 20.8 Å². The Hall–Kier alpha value is -0.890. The average molecular weight is 228 g/mol. The molecule has 0 radical (unpaired) electrons. The lowest BCUT2D eigenvalue weighted by atomic mass is 10.1. The third-order valence-corrected chi connectivity index (χ3v) is 2.34. The highest BCUT2D eigenvalue weighted by molar-refractivity contribution is 6.30. The van der Waals surface area contributed by atoms with Crippen LogP contribution < -0.4 is 0 Å². The zero-order valence-electron chi connectivity index (χ0n) is 9.22. The molecule has 0 heterocycles. The molecule has 0 aliphatic heterocycles. The number of nitrogens with zero attached hydrogens (tertiary/aromatic N) is 1. The highest BCUT2D eigenvalue weighted by atomic mass is 35.5. The second-order valence-electron chi connectivity index (χ2n) is 3.95. The summed E-state index contributed by atoms with van der Waals surface area (Å²) >= 11 is 5.60. The molecule has 0 atom stereocenters. The normalized spacial score (nSPS) is 12.3. The van der Waals surface area contributed by atoms with Crippen molar-refractivity contribution in [1.82, 2.24) is 0 Å². The van der Waals surface area contributed by atoms with Crippen LogP contribution in [0.5, 0.6) is 0 Å². The summed E-state index contributed by atoms with van der Waals surface area (Å²) in [7, 11) is 0. The summed E-state index contributed by atoms with van der Waals surface area (Å²) in [5.74, 6) is 0.116. The molecule has 0 saturated heterocycles. The fourth-order valence-corrected chi connectivity index (χ4v) is 1.25. The smallest absolute Gasteiger partial charge is 0.142 e. The van der Waals surface area contributed by atoms with Gasteiger partial charge < -0.3 is 0 Å². The van der Waals surface area contributed by atoms with Gasteiger partial charge in [0, 0.05) is 12.3 Å². The Balaban J connectivity index is 2.87. The van der Waals surface area contributed by atoms with Gasteiger partial charge in [-0.25, -0.2) is 4.39 Å². The van der Waals surface area contributed by atoms with Crippen molar-refractivity contribution in [3.63, 3.8) is 0 Å². The third-order valence-electron chi connectivity index (χ3n) is 2.03. The first-order valence-corrected chi connectivity index (χ1v) is 5.35. The number of hydrogen-bond donors (Lipinski definition) is 0. The average Bonchev–Trinajstić information content (AvgIpc) is 2.18. The molecule has 0 aliphatic carbocycles. The Morgan fingerprint density at radius 2 is 2.13 bits per heavy atom. The van der Waals surface area contributed by atoms with Gasteiger partial charge in [0.05, 0.1) is 5.02 Å². The molecule has 15 heavy (non-hydrogen) atoms. The van der Waals surface area contributed by atoms with E-state index >= 15 is 0 Å². The predicted molar refractivity (Wildman–Crippen MR) is 63.3 cm³/mol. The van der Waals surface area contributed by atoms with Gasteiger partial charge in [-0.15, -0.1) is 0 Å². The van der Waals surface area contributed by atoms with E-state index in [0.717, 1.165) is 17.8 Å². The van der Waals surface area contributed by atoms with E-state index in [4.69, 9.17) is 11.6 Å². The monoisotopic (exact) mass is 227 g/mol. The van der Waals surface area contributed by atoms with Crippen molar-refractivity contribution < 1.29 is 4.39 Å². The maximum Gasteiger partial charge on any atom is 0.142 e. The molecule has 0 spiro atoms. The van der Waals surface area contributed by atoms with Crippen molar-refractivity contribution in [2.75, 3.05) is 6.54 Å². The molecule has 3 heteroatoms. The Kier molecular flexibility index (Phi) is 4.28. The molecule has 0 amide bonds. The highest BCUT2D eigenvalue weighted by Crippen LogP contribution is 2.16. The number of benzene rings is 1. The maximum absolute atomic E-state index is 13.2. The summed E-state index contributed by atoms with van der Waals surface area (Å²) in [5, 5.41) is 0.149. The summed E-state index contributed by atoms with van der Waals surface area (Å²) in [6.45, 7) is 6.83. The summed E-state index contributed by atoms with van der Waals surface area (Å²) < 4.78 is 13.2. The van der Waals surface area contributed by atoms with E-state index in [1.165, 1.54) is 6.07 Å². The number of halogens is 2. The Morgan fingerprint density at radius 3 is 2.67 bits per heavy atom. The number of rotatable bonds is 3. The van der Waals surface area contributed by atoms with Crippen LogP contribution in [0.25, 0.3) is 0 Å². The second-order valence-corrected chi connectivity index (χ2v) is 4.36. The zero-order chi connectivity index (χ0) is 11.4. The lowest BCUT2D eigenvalue weighted by Gasteiger charge is -2.04. The predicted octanol–water partition coefficient (Wildman–Crippen LogP) is 3.94.